The van der Waals surface area contributed by atoms with Gasteiger partial charge in [-0.05, 0) is 30.7 Å². The van der Waals surface area contributed by atoms with E-state index in [1.54, 1.807) is 11.7 Å². The number of thioether (sulfide) groups is 1. The third kappa shape index (κ3) is 4.81. The van der Waals surface area contributed by atoms with Gasteiger partial charge in [0.25, 0.3) is 5.56 Å². The topological polar surface area (TPSA) is 64.4 Å². The van der Waals surface area contributed by atoms with E-state index in [-0.39, 0.29) is 11.5 Å². The van der Waals surface area contributed by atoms with Crippen molar-refractivity contribution in [3.63, 3.8) is 0 Å². The summed E-state index contributed by atoms with van der Waals surface area (Å²) in [6, 6.07) is 7.97. The predicted molar refractivity (Wildman–Crippen MR) is 128 cm³/mol. The summed E-state index contributed by atoms with van der Waals surface area (Å²) in [5.41, 5.74) is 0.709. The summed E-state index contributed by atoms with van der Waals surface area (Å²) < 4.78 is 8.62. The Balaban J connectivity index is 1.64. The van der Waals surface area contributed by atoms with Crippen LogP contribution < -0.4 is 5.56 Å². The van der Waals surface area contributed by atoms with Gasteiger partial charge in [-0.3, -0.25) is 14.2 Å². The number of carbonyl (C=O) groups excluding carboxylic acids is 1. The Morgan fingerprint density at radius 2 is 2.00 bits per heavy atom. The van der Waals surface area contributed by atoms with Gasteiger partial charge in [0.1, 0.15) is 4.70 Å². The van der Waals surface area contributed by atoms with Gasteiger partial charge in [-0.1, -0.05) is 43.8 Å². The molecule has 6 nitrogen and oxygen atoms in total. The van der Waals surface area contributed by atoms with Crippen LogP contribution >= 0.6 is 23.1 Å². The number of methoxy groups -OCH3 is 1. The van der Waals surface area contributed by atoms with E-state index in [1.165, 1.54) is 29.5 Å². The number of nitrogens with zero attached hydrogens (tertiary/aromatic N) is 3. The van der Waals surface area contributed by atoms with E-state index in [0.29, 0.717) is 40.6 Å². The van der Waals surface area contributed by atoms with E-state index >= 15 is 0 Å². The minimum atomic E-state index is -0.0301. The first-order chi connectivity index (χ1) is 15.0. The van der Waals surface area contributed by atoms with Crippen LogP contribution in [-0.4, -0.2) is 52.9 Å². The zero-order valence-electron chi connectivity index (χ0n) is 18.3. The zero-order chi connectivity index (χ0) is 22.0. The maximum atomic E-state index is 13.3. The van der Waals surface area contributed by atoms with Gasteiger partial charge in [0, 0.05) is 43.4 Å². The zero-order valence-corrected chi connectivity index (χ0v) is 19.9. The van der Waals surface area contributed by atoms with Crippen LogP contribution in [-0.2, 0) is 16.1 Å². The van der Waals surface area contributed by atoms with Gasteiger partial charge in [-0.25, -0.2) is 4.98 Å². The van der Waals surface area contributed by atoms with Crippen LogP contribution in [0.1, 0.15) is 26.7 Å². The first kappa shape index (κ1) is 22.3. The van der Waals surface area contributed by atoms with E-state index in [1.807, 2.05) is 29.2 Å². The first-order valence-corrected chi connectivity index (χ1v) is 12.6. The van der Waals surface area contributed by atoms with E-state index in [9.17, 15) is 9.59 Å². The van der Waals surface area contributed by atoms with Crippen LogP contribution in [0.15, 0.2) is 34.2 Å². The molecule has 1 amide bonds. The number of carbonyl (C=O) groups is 1. The number of thiophene rings is 1. The van der Waals surface area contributed by atoms with Crippen molar-refractivity contribution in [1.29, 1.82) is 0 Å². The number of aromatic nitrogens is 2. The number of fused-ring (bicyclic) bond motifs is 3. The average Bonchev–Trinajstić information content (AvgIpc) is 3.12. The summed E-state index contributed by atoms with van der Waals surface area (Å²) in [6.07, 6.45) is 1.89. The lowest BCUT2D eigenvalue weighted by molar-refractivity contribution is -0.130. The molecule has 4 rings (SSSR count). The van der Waals surface area contributed by atoms with Gasteiger partial charge in [0.15, 0.2) is 5.16 Å². The van der Waals surface area contributed by atoms with E-state index in [0.717, 1.165) is 35.1 Å². The van der Waals surface area contributed by atoms with Gasteiger partial charge in [0.05, 0.1) is 11.3 Å². The summed E-state index contributed by atoms with van der Waals surface area (Å²) in [4.78, 5) is 33.1. The molecule has 3 aromatic rings. The van der Waals surface area contributed by atoms with Crippen LogP contribution in [0.25, 0.3) is 20.3 Å². The molecule has 1 aliphatic rings. The normalized spacial score (nSPS) is 19.4. The van der Waals surface area contributed by atoms with Gasteiger partial charge < -0.3 is 9.64 Å². The molecule has 0 spiro atoms. The summed E-state index contributed by atoms with van der Waals surface area (Å²) in [6.45, 7) is 7.13. The fourth-order valence-electron chi connectivity index (χ4n) is 4.41. The number of likely N-dealkylation sites (tertiary alicyclic amines) is 1. The van der Waals surface area contributed by atoms with Crippen molar-refractivity contribution in [1.82, 2.24) is 14.5 Å². The number of piperidine rings is 1. The molecule has 0 aliphatic carbocycles. The van der Waals surface area contributed by atoms with E-state index in [4.69, 9.17) is 9.72 Å². The molecule has 2 atom stereocenters. The Hall–Kier alpha value is -1.90. The van der Waals surface area contributed by atoms with Crippen molar-refractivity contribution in [2.45, 2.75) is 38.4 Å². The standard InChI is InChI=1S/C23H29N3O3S2/c1-15-11-16(2)13-25(12-15)19(27)14-30-23-24-20-17-7-4-5-8-18(17)31-21(20)22(28)26(23)9-6-10-29-3/h4-5,7-8,15-16H,6,9-14H2,1-3H3. The third-order valence-corrected chi connectivity index (χ3v) is 7.83. The molecular formula is C23H29N3O3S2. The fourth-order valence-corrected chi connectivity index (χ4v) is 6.42. The number of hydrogen-bond donors (Lipinski definition) is 0. The molecule has 0 saturated carbocycles. The molecule has 2 aromatic heterocycles. The highest BCUT2D eigenvalue weighted by atomic mass is 32.2. The lowest BCUT2D eigenvalue weighted by atomic mass is 9.92. The summed E-state index contributed by atoms with van der Waals surface area (Å²) in [5, 5.41) is 1.61. The second-order valence-electron chi connectivity index (χ2n) is 8.51. The van der Waals surface area contributed by atoms with Crippen LogP contribution in [0, 0.1) is 11.8 Å². The Morgan fingerprint density at radius 3 is 2.74 bits per heavy atom. The summed E-state index contributed by atoms with van der Waals surface area (Å²) in [5.74, 6) is 1.47. The molecular weight excluding hydrogens is 430 g/mol. The molecule has 2 unspecified atom stereocenters. The molecule has 31 heavy (non-hydrogen) atoms. The van der Waals surface area contributed by atoms with Crippen molar-refractivity contribution < 1.29 is 9.53 Å². The van der Waals surface area contributed by atoms with Crippen molar-refractivity contribution in [3.05, 3.63) is 34.6 Å². The summed E-state index contributed by atoms with van der Waals surface area (Å²) >= 11 is 2.86. The molecule has 8 heteroatoms. The quantitative estimate of drug-likeness (QED) is 0.300. The molecule has 0 bridgehead atoms. The van der Waals surface area contributed by atoms with Gasteiger partial charge >= 0.3 is 0 Å². The SMILES string of the molecule is COCCCn1c(SCC(=O)N2CC(C)CC(C)C2)nc2c(sc3ccccc32)c1=O. The van der Waals surface area contributed by atoms with Crippen molar-refractivity contribution in [2.24, 2.45) is 11.8 Å². The predicted octanol–water partition coefficient (Wildman–Crippen LogP) is 4.24. The van der Waals surface area contributed by atoms with Gasteiger partial charge in [0.2, 0.25) is 5.91 Å². The monoisotopic (exact) mass is 459 g/mol. The van der Waals surface area contributed by atoms with Crippen LogP contribution in [0.3, 0.4) is 0 Å². The second-order valence-corrected chi connectivity index (χ2v) is 10.5. The Labute approximate surface area is 190 Å². The molecule has 3 heterocycles. The Kier molecular flexibility index (Phi) is 6.99. The second kappa shape index (κ2) is 9.71. The molecule has 0 N–H and O–H groups in total. The van der Waals surface area contributed by atoms with E-state index < -0.39 is 0 Å². The minimum absolute atomic E-state index is 0.0301. The van der Waals surface area contributed by atoms with Crippen molar-refractivity contribution in [3.8, 4) is 0 Å². The highest BCUT2D eigenvalue weighted by Gasteiger charge is 2.26. The van der Waals surface area contributed by atoms with Crippen LogP contribution in [0.5, 0.6) is 0 Å². The van der Waals surface area contributed by atoms with Crippen molar-refractivity contribution >= 4 is 49.3 Å². The van der Waals surface area contributed by atoms with Crippen LogP contribution in [0.4, 0.5) is 0 Å². The fraction of sp³-hybridized carbons (Fsp3) is 0.522. The van der Waals surface area contributed by atoms with E-state index in [2.05, 4.69) is 13.8 Å². The largest absolute Gasteiger partial charge is 0.385 e. The molecule has 1 aliphatic heterocycles. The number of rotatable bonds is 7. The number of ether oxygens (including phenoxy) is 1. The molecule has 166 valence electrons. The van der Waals surface area contributed by atoms with Gasteiger partial charge in [-0.2, -0.15) is 0 Å². The minimum Gasteiger partial charge on any atom is -0.385 e. The Morgan fingerprint density at radius 1 is 1.26 bits per heavy atom. The molecule has 1 saturated heterocycles. The number of hydrogen-bond acceptors (Lipinski definition) is 6. The maximum Gasteiger partial charge on any atom is 0.272 e. The van der Waals surface area contributed by atoms with Gasteiger partial charge in [-0.15, -0.1) is 11.3 Å². The third-order valence-electron chi connectivity index (χ3n) is 5.72. The Bertz CT molecular complexity index is 1130. The summed E-state index contributed by atoms with van der Waals surface area (Å²) in [7, 11) is 1.66. The molecule has 0 radical (unpaired) electrons. The lowest BCUT2D eigenvalue weighted by Crippen LogP contribution is -2.43. The first-order valence-electron chi connectivity index (χ1n) is 10.8. The lowest BCUT2D eigenvalue weighted by Gasteiger charge is -2.35. The smallest absolute Gasteiger partial charge is 0.272 e. The highest BCUT2D eigenvalue weighted by molar-refractivity contribution is 7.99. The molecule has 1 aromatic carbocycles. The highest BCUT2D eigenvalue weighted by Crippen LogP contribution is 2.32. The maximum absolute atomic E-state index is 13.3. The average molecular weight is 460 g/mol. The molecule has 1 fully saturated rings. The number of amides is 1. The number of benzene rings is 1. The van der Waals surface area contributed by atoms with Crippen molar-refractivity contribution in [2.75, 3.05) is 32.6 Å². The van der Waals surface area contributed by atoms with Crippen LogP contribution in [0.2, 0.25) is 0 Å².